The van der Waals surface area contributed by atoms with Gasteiger partial charge in [0.25, 0.3) is 0 Å². The molecule has 0 fully saturated rings. The van der Waals surface area contributed by atoms with Gasteiger partial charge in [0.05, 0.1) is 0 Å². The van der Waals surface area contributed by atoms with E-state index in [9.17, 15) is 0 Å². The first-order chi connectivity index (χ1) is 4.26. The second kappa shape index (κ2) is 5.64. The quantitative estimate of drug-likeness (QED) is 0.597. The fourth-order valence-corrected chi connectivity index (χ4v) is 1.66. The minimum atomic E-state index is 0.367. The van der Waals surface area contributed by atoms with Crippen molar-refractivity contribution < 1.29 is 0 Å². The maximum Gasteiger partial charge on any atom is 0.0266 e. The Hall–Kier alpha value is 0.870. The molecule has 3 heteroatoms. The predicted octanol–water partition coefficient (Wildman–Crippen LogP) is 2.96. The topological polar surface area (TPSA) is 0 Å². The summed E-state index contributed by atoms with van der Waals surface area (Å²) >= 11 is 16.8. The van der Waals surface area contributed by atoms with Gasteiger partial charge < -0.3 is 0 Å². The van der Waals surface area contributed by atoms with Crippen LogP contribution in [0, 0.1) is 11.8 Å². The molecule has 0 heterocycles. The van der Waals surface area contributed by atoms with E-state index < -0.39 is 0 Å². The average Bonchev–Trinajstić information content (AvgIpc) is 1.90. The van der Waals surface area contributed by atoms with Crippen LogP contribution >= 0.6 is 34.8 Å². The van der Waals surface area contributed by atoms with Crippen molar-refractivity contribution in [3.05, 3.63) is 0 Å². The van der Waals surface area contributed by atoms with E-state index in [2.05, 4.69) is 6.92 Å². The van der Waals surface area contributed by atoms with Crippen LogP contribution < -0.4 is 0 Å². The van der Waals surface area contributed by atoms with E-state index in [1.807, 2.05) is 0 Å². The second-order valence-electron chi connectivity index (χ2n) is 2.20. The first-order valence-electron chi connectivity index (χ1n) is 2.94. The number of hydrogen-bond donors (Lipinski definition) is 0. The molecule has 0 saturated heterocycles. The Morgan fingerprint density at radius 2 is 1.44 bits per heavy atom. The molecular formula is C6H11Cl3. The number of hydrogen-bond acceptors (Lipinski definition) is 0. The zero-order chi connectivity index (χ0) is 7.28. The van der Waals surface area contributed by atoms with E-state index in [0.29, 0.717) is 29.5 Å². The highest BCUT2D eigenvalue weighted by atomic mass is 35.5. The van der Waals surface area contributed by atoms with Crippen molar-refractivity contribution in [2.24, 2.45) is 11.8 Å². The molecule has 0 aliphatic rings. The lowest BCUT2D eigenvalue weighted by atomic mass is 10.0. The van der Waals surface area contributed by atoms with Gasteiger partial charge in [0, 0.05) is 17.6 Å². The molecule has 0 aromatic rings. The second-order valence-corrected chi connectivity index (χ2v) is 3.13. The van der Waals surface area contributed by atoms with E-state index in [4.69, 9.17) is 34.8 Å². The first kappa shape index (κ1) is 9.87. The molecule has 56 valence electrons. The van der Waals surface area contributed by atoms with Gasteiger partial charge in [-0.25, -0.2) is 0 Å². The Morgan fingerprint density at radius 1 is 1.00 bits per heavy atom. The molecule has 0 aromatic heterocycles. The van der Waals surface area contributed by atoms with Crippen LogP contribution in [-0.2, 0) is 0 Å². The standard InChI is InChI=1S/C6H11Cl3/c1-5(2-7)6(3-8)4-9/h5-6H,2-4H2,1H3. The molecule has 1 atom stereocenters. The lowest BCUT2D eigenvalue weighted by Crippen LogP contribution is -2.16. The van der Waals surface area contributed by atoms with Gasteiger partial charge in [-0.15, -0.1) is 34.8 Å². The molecule has 0 aliphatic carbocycles. The van der Waals surface area contributed by atoms with E-state index in [0.717, 1.165) is 0 Å². The molecule has 0 radical (unpaired) electrons. The van der Waals surface area contributed by atoms with Crippen LogP contribution in [0.15, 0.2) is 0 Å². The van der Waals surface area contributed by atoms with Gasteiger partial charge in [-0.1, -0.05) is 6.92 Å². The Kier molecular flexibility index (Phi) is 6.18. The van der Waals surface area contributed by atoms with Crippen molar-refractivity contribution in [3.63, 3.8) is 0 Å². The van der Waals surface area contributed by atoms with E-state index in [1.54, 1.807) is 0 Å². The summed E-state index contributed by atoms with van der Waals surface area (Å²) in [5.41, 5.74) is 0. The monoisotopic (exact) mass is 188 g/mol. The fraction of sp³-hybridized carbons (Fsp3) is 1.00. The molecule has 0 aliphatic heterocycles. The smallest absolute Gasteiger partial charge is 0.0266 e. The fourth-order valence-electron chi connectivity index (χ4n) is 0.471. The SMILES string of the molecule is CC(CCl)C(CCl)CCl. The maximum absolute atomic E-state index is 5.60. The van der Waals surface area contributed by atoms with Crippen molar-refractivity contribution >= 4 is 34.8 Å². The van der Waals surface area contributed by atoms with Gasteiger partial charge in [0.2, 0.25) is 0 Å². The van der Waals surface area contributed by atoms with Crippen molar-refractivity contribution in [3.8, 4) is 0 Å². The minimum Gasteiger partial charge on any atom is -0.126 e. The summed E-state index contributed by atoms with van der Waals surface area (Å²) in [7, 11) is 0. The van der Waals surface area contributed by atoms with Crippen LogP contribution in [-0.4, -0.2) is 17.6 Å². The van der Waals surface area contributed by atoms with Crippen molar-refractivity contribution in [2.45, 2.75) is 6.92 Å². The van der Waals surface area contributed by atoms with Crippen LogP contribution in [0.3, 0.4) is 0 Å². The van der Waals surface area contributed by atoms with E-state index in [1.165, 1.54) is 0 Å². The minimum absolute atomic E-state index is 0.367. The number of alkyl halides is 3. The van der Waals surface area contributed by atoms with Crippen molar-refractivity contribution in [1.82, 2.24) is 0 Å². The third-order valence-corrected chi connectivity index (χ3v) is 2.72. The number of rotatable bonds is 4. The van der Waals surface area contributed by atoms with Crippen molar-refractivity contribution in [2.75, 3.05) is 17.6 Å². The Bertz CT molecular complexity index is 61.3. The first-order valence-corrected chi connectivity index (χ1v) is 4.54. The largest absolute Gasteiger partial charge is 0.126 e. The van der Waals surface area contributed by atoms with Gasteiger partial charge in [-0.2, -0.15) is 0 Å². The van der Waals surface area contributed by atoms with Gasteiger partial charge >= 0.3 is 0 Å². The van der Waals surface area contributed by atoms with Gasteiger partial charge in [0.1, 0.15) is 0 Å². The molecule has 1 unspecified atom stereocenters. The van der Waals surface area contributed by atoms with Crippen molar-refractivity contribution in [1.29, 1.82) is 0 Å². The lowest BCUT2D eigenvalue weighted by Gasteiger charge is -2.15. The molecule has 0 nitrogen and oxygen atoms in total. The van der Waals surface area contributed by atoms with Gasteiger partial charge in [-0.3, -0.25) is 0 Å². The summed E-state index contributed by atoms with van der Waals surface area (Å²) in [6.07, 6.45) is 0. The molecule has 0 bridgehead atoms. The average molecular weight is 190 g/mol. The Balaban J connectivity index is 3.50. The predicted molar refractivity (Wildman–Crippen MR) is 44.8 cm³/mol. The summed E-state index contributed by atoms with van der Waals surface area (Å²) in [4.78, 5) is 0. The highest BCUT2D eigenvalue weighted by molar-refractivity contribution is 6.21. The summed E-state index contributed by atoms with van der Waals surface area (Å²) in [6.45, 7) is 2.06. The van der Waals surface area contributed by atoms with E-state index in [-0.39, 0.29) is 0 Å². The maximum atomic E-state index is 5.60. The van der Waals surface area contributed by atoms with Crippen LogP contribution in [0.2, 0.25) is 0 Å². The number of halogens is 3. The zero-order valence-electron chi connectivity index (χ0n) is 5.41. The summed E-state index contributed by atoms with van der Waals surface area (Å²) in [6, 6.07) is 0. The summed E-state index contributed by atoms with van der Waals surface area (Å²) in [5, 5.41) is 0. The molecular weight excluding hydrogens is 178 g/mol. The highest BCUT2D eigenvalue weighted by Gasteiger charge is 2.13. The normalized spacial score (nSPS) is 14.3. The van der Waals surface area contributed by atoms with Crippen LogP contribution in [0.25, 0.3) is 0 Å². The third kappa shape index (κ3) is 3.54. The summed E-state index contributed by atoms with van der Waals surface area (Å²) < 4.78 is 0. The molecule has 0 aromatic carbocycles. The summed E-state index contributed by atoms with van der Waals surface area (Å²) in [5.74, 6) is 2.66. The molecule has 0 saturated carbocycles. The van der Waals surface area contributed by atoms with Crippen LogP contribution in [0.1, 0.15) is 6.92 Å². The highest BCUT2D eigenvalue weighted by Crippen LogP contribution is 2.15. The van der Waals surface area contributed by atoms with Gasteiger partial charge in [-0.05, 0) is 11.8 Å². The zero-order valence-corrected chi connectivity index (χ0v) is 7.68. The van der Waals surface area contributed by atoms with Crippen LogP contribution in [0.5, 0.6) is 0 Å². The molecule has 0 rings (SSSR count). The third-order valence-electron chi connectivity index (χ3n) is 1.44. The Labute approximate surface area is 71.5 Å². The van der Waals surface area contributed by atoms with Crippen LogP contribution in [0.4, 0.5) is 0 Å². The Morgan fingerprint density at radius 3 is 1.56 bits per heavy atom. The molecule has 0 spiro atoms. The lowest BCUT2D eigenvalue weighted by molar-refractivity contribution is 0.472. The molecule has 0 amide bonds. The molecule has 0 N–H and O–H groups in total. The molecule has 9 heavy (non-hydrogen) atoms. The van der Waals surface area contributed by atoms with E-state index >= 15 is 0 Å². The van der Waals surface area contributed by atoms with Gasteiger partial charge in [0.15, 0.2) is 0 Å².